The Labute approximate surface area is 153 Å². The van der Waals surface area contributed by atoms with E-state index in [1.54, 1.807) is 18.2 Å². The molecule has 1 aromatic carbocycles. The van der Waals surface area contributed by atoms with Crippen LogP contribution in [0.3, 0.4) is 0 Å². The summed E-state index contributed by atoms with van der Waals surface area (Å²) >= 11 is 0. The molecule has 26 heavy (non-hydrogen) atoms. The zero-order valence-corrected chi connectivity index (χ0v) is 15.1. The zero-order valence-electron chi connectivity index (χ0n) is 15.1. The van der Waals surface area contributed by atoms with E-state index in [4.69, 9.17) is 0 Å². The van der Waals surface area contributed by atoms with Crippen molar-refractivity contribution < 1.29 is 9.18 Å². The number of aromatic nitrogens is 2. The van der Waals surface area contributed by atoms with Crippen molar-refractivity contribution in [1.29, 1.82) is 0 Å². The Bertz CT molecular complexity index is 718. The second-order valence-corrected chi connectivity index (χ2v) is 6.66. The van der Waals surface area contributed by atoms with Gasteiger partial charge in [-0.25, -0.2) is 4.39 Å². The fraction of sp³-hybridized carbons (Fsp3) is 0.450. The van der Waals surface area contributed by atoms with Crippen LogP contribution in [0.4, 0.5) is 10.2 Å². The monoisotopic (exact) mass is 356 g/mol. The van der Waals surface area contributed by atoms with Gasteiger partial charge < -0.3 is 10.2 Å². The number of amides is 1. The average Bonchev–Trinajstić information content (AvgIpc) is 2.69. The maximum absolute atomic E-state index is 12.9. The third kappa shape index (κ3) is 4.56. The maximum atomic E-state index is 12.9. The van der Waals surface area contributed by atoms with Gasteiger partial charge in [0.2, 0.25) is 0 Å². The highest BCUT2D eigenvalue weighted by molar-refractivity contribution is 5.92. The van der Waals surface area contributed by atoms with Crippen LogP contribution in [0.25, 0.3) is 0 Å². The fourth-order valence-corrected chi connectivity index (χ4v) is 3.39. The Hall–Kier alpha value is -2.50. The maximum Gasteiger partial charge on any atom is 0.271 e. The normalized spacial score (nSPS) is 17.2. The van der Waals surface area contributed by atoms with Crippen LogP contribution in [0.5, 0.6) is 0 Å². The Morgan fingerprint density at radius 1 is 1.19 bits per heavy atom. The van der Waals surface area contributed by atoms with Gasteiger partial charge in [-0.1, -0.05) is 19.1 Å². The minimum atomic E-state index is -0.257. The van der Waals surface area contributed by atoms with E-state index in [1.165, 1.54) is 31.4 Å². The number of carbonyl (C=O) groups is 1. The van der Waals surface area contributed by atoms with E-state index in [0.29, 0.717) is 24.7 Å². The van der Waals surface area contributed by atoms with Crippen molar-refractivity contribution in [2.45, 2.75) is 45.1 Å². The topological polar surface area (TPSA) is 58.1 Å². The lowest BCUT2D eigenvalue weighted by Crippen LogP contribution is -2.39. The number of hydrogen-bond acceptors (Lipinski definition) is 4. The molecule has 1 unspecified atom stereocenters. The molecule has 1 aliphatic heterocycles. The van der Waals surface area contributed by atoms with E-state index in [0.717, 1.165) is 24.3 Å². The molecule has 1 aliphatic rings. The van der Waals surface area contributed by atoms with Gasteiger partial charge >= 0.3 is 0 Å². The lowest BCUT2D eigenvalue weighted by molar-refractivity contribution is 0.0948. The van der Waals surface area contributed by atoms with Crippen molar-refractivity contribution in [2.75, 3.05) is 18.0 Å². The summed E-state index contributed by atoms with van der Waals surface area (Å²) in [6, 6.07) is 10.4. The third-order valence-electron chi connectivity index (χ3n) is 4.89. The van der Waals surface area contributed by atoms with Crippen LogP contribution in [-0.2, 0) is 6.42 Å². The van der Waals surface area contributed by atoms with E-state index in [-0.39, 0.29) is 11.7 Å². The number of rotatable bonds is 6. The molecule has 2 aromatic rings. The first-order valence-electron chi connectivity index (χ1n) is 9.30. The smallest absolute Gasteiger partial charge is 0.271 e. The summed E-state index contributed by atoms with van der Waals surface area (Å²) in [6.45, 7) is 3.66. The molecule has 1 fully saturated rings. The van der Waals surface area contributed by atoms with Crippen molar-refractivity contribution in [3.63, 3.8) is 0 Å². The molecule has 1 aromatic heterocycles. The lowest BCUT2D eigenvalue weighted by Gasteiger charge is -2.35. The zero-order chi connectivity index (χ0) is 18.4. The molecular weight excluding hydrogens is 331 g/mol. The van der Waals surface area contributed by atoms with E-state index < -0.39 is 0 Å². The number of halogens is 1. The number of anilines is 1. The van der Waals surface area contributed by atoms with E-state index in [9.17, 15) is 9.18 Å². The van der Waals surface area contributed by atoms with Gasteiger partial charge in [0, 0.05) is 19.1 Å². The van der Waals surface area contributed by atoms with Crippen LogP contribution >= 0.6 is 0 Å². The average molecular weight is 356 g/mol. The van der Waals surface area contributed by atoms with Gasteiger partial charge in [0.05, 0.1) is 0 Å². The summed E-state index contributed by atoms with van der Waals surface area (Å²) in [6.07, 6.45) is 5.35. The van der Waals surface area contributed by atoms with Crippen molar-refractivity contribution >= 4 is 11.7 Å². The van der Waals surface area contributed by atoms with E-state index in [2.05, 4.69) is 27.3 Å². The van der Waals surface area contributed by atoms with Crippen molar-refractivity contribution in [1.82, 2.24) is 15.5 Å². The van der Waals surface area contributed by atoms with Crippen molar-refractivity contribution in [3.8, 4) is 0 Å². The molecule has 1 saturated heterocycles. The number of hydrogen-bond donors (Lipinski definition) is 1. The third-order valence-corrected chi connectivity index (χ3v) is 4.89. The second kappa shape index (κ2) is 8.74. The summed E-state index contributed by atoms with van der Waals surface area (Å²) in [5, 5.41) is 11.2. The molecular formula is C20H25FN4O. The van der Waals surface area contributed by atoms with Gasteiger partial charge in [0.1, 0.15) is 5.82 Å². The number of carbonyl (C=O) groups excluding carboxylic acids is 1. The first-order valence-corrected chi connectivity index (χ1v) is 9.30. The Balaban J connectivity index is 1.54. The minimum Gasteiger partial charge on any atom is -0.352 e. The summed E-state index contributed by atoms with van der Waals surface area (Å²) in [5.41, 5.74) is 1.29. The molecule has 2 heterocycles. The molecule has 138 valence electrons. The van der Waals surface area contributed by atoms with Crippen LogP contribution in [-0.4, -0.2) is 35.2 Å². The summed E-state index contributed by atoms with van der Waals surface area (Å²) in [4.78, 5) is 14.5. The number of nitrogens with zero attached hydrogens (tertiary/aromatic N) is 3. The highest BCUT2D eigenvalue weighted by Crippen LogP contribution is 2.24. The largest absolute Gasteiger partial charge is 0.352 e. The molecule has 3 rings (SSSR count). The predicted molar refractivity (Wildman–Crippen MR) is 99.7 cm³/mol. The second-order valence-electron chi connectivity index (χ2n) is 6.66. The summed E-state index contributed by atoms with van der Waals surface area (Å²) in [5.74, 6) is 0.350. The highest BCUT2D eigenvalue weighted by atomic mass is 19.1. The van der Waals surface area contributed by atoms with Gasteiger partial charge in [-0.2, -0.15) is 0 Å². The van der Waals surface area contributed by atoms with Crippen LogP contribution in [0.1, 0.15) is 48.7 Å². The molecule has 0 radical (unpaired) electrons. The molecule has 0 aliphatic carbocycles. The van der Waals surface area contributed by atoms with Gasteiger partial charge in [0.15, 0.2) is 11.5 Å². The molecule has 0 spiro atoms. The van der Waals surface area contributed by atoms with Gasteiger partial charge in [-0.05, 0) is 61.9 Å². The van der Waals surface area contributed by atoms with Crippen LogP contribution in [0.15, 0.2) is 36.4 Å². The minimum absolute atomic E-state index is 0.239. The van der Waals surface area contributed by atoms with E-state index in [1.807, 2.05) is 6.07 Å². The highest BCUT2D eigenvalue weighted by Gasteiger charge is 2.22. The Morgan fingerprint density at radius 2 is 2.00 bits per heavy atom. The standard InChI is InChI=1S/C20H25FN4O/c1-2-17-5-3-4-14-25(17)19-11-10-18(23-24-19)20(26)22-13-12-15-6-8-16(21)9-7-15/h6-11,17H,2-5,12-14H2,1H3,(H,22,26). The molecule has 6 heteroatoms. The predicted octanol–water partition coefficient (Wildman–Crippen LogP) is 3.36. The molecule has 1 N–H and O–H groups in total. The van der Waals surface area contributed by atoms with Crippen molar-refractivity contribution in [2.24, 2.45) is 0 Å². The van der Waals surface area contributed by atoms with Gasteiger partial charge in [-0.3, -0.25) is 4.79 Å². The van der Waals surface area contributed by atoms with Crippen molar-refractivity contribution in [3.05, 3.63) is 53.5 Å². The molecule has 1 atom stereocenters. The summed E-state index contributed by atoms with van der Waals surface area (Å²) in [7, 11) is 0. The number of nitrogens with one attached hydrogen (secondary N) is 1. The molecule has 0 saturated carbocycles. The number of piperidine rings is 1. The SMILES string of the molecule is CCC1CCCCN1c1ccc(C(=O)NCCc2ccc(F)cc2)nn1. The number of benzene rings is 1. The van der Waals surface area contributed by atoms with Gasteiger partial charge in [-0.15, -0.1) is 10.2 Å². The lowest BCUT2D eigenvalue weighted by atomic mass is 10.0. The molecule has 0 bridgehead atoms. The van der Waals surface area contributed by atoms with Crippen LogP contribution in [0, 0.1) is 5.82 Å². The molecule has 1 amide bonds. The van der Waals surface area contributed by atoms with E-state index >= 15 is 0 Å². The first-order chi connectivity index (χ1) is 12.7. The van der Waals surface area contributed by atoms with Crippen LogP contribution < -0.4 is 10.2 Å². The Morgan fingerprint density at radius 3 is 2.69 bits per heavy atom. The van der Waals surface area contributed by atoms with Gasteiger partial charge in [0.25, 0.3) is 5.91 Å². The molecule has 5 nitrogen and oxygen atoms in total. The summed E-state index contributed by atoms with van der Waals surface area (Å²) < 4.78 is 12.9. The fourth-order valence-electron chi connectivity index (χ4n) is 3.39. The van der Waals surface area contributed by atoms with Crippen LogP contribution in [0.2, 0.25) is 0 Å². The Kier molecular flexibility index (Phi) is 6.15. The quantitative estimate of drug-likeness (QED) is 0.862. The first kappa shape index (κ1) is 18.3.